The maximum absolute atomic E-state index is 9.03. The number of hydrogen-bond donors (Lipinski definition) is 3. The Morgan fingerprint density at radius 2 is 1.92 bits per heavy atom. The molecular formula is C8H12N4O. The highest BCUT2D eigenvalue weighted by molar-refractivity contribution is 5.98. The zero-order valence-corrected chi connectivity index (χ0v) is 7.31. The van der Waals surface area contributed by atoms with Gasteiger partial charge in [-0.3, -0.25) is 5.01 Å². The Balaban J connectivity index is 3.00. The Bertz CT molecular complexity index is 304. The molecular weight excluding hydrogens is 168 g/mol. The molecule has 0 atom stereocenters. The van der Waals surface area contributed by atoms with Crippen LogP contribution in [0.4, 0.5) is 0 Å². The lowest BCUT2D eigenvalue weighted by Crippen LogP contribution is -2.34. The van der Waals surface area contributed by atoms with Gasteiger partial charge in [-0.05, 0) is 24.3 Å². The van der Waals surface area contributed by atoms with E-state index < -0.39 is 0 Å². The summed E-state index contributed by atoms with van der Waals surface area (Å²) in [6.45, 7) is 0. The molecule has 0 saturated carbocycles. The van der Waals surface area contributed by atoms with E-state index in [1.807, 2.05) is 0 Å². The molecule has 13 heavy (non-hydrogen) atoms. The third-order valence-corrected chi connectivity index (χ3v) is 1.58. The summed E-state index contributed by atoms with van der Waals surface area (Å²) in [4.78, 5) is 0. The van der Waals surface area contributed by atoms with Gasteiger partial charge in [0.2, 0.25) is 0 Å². The van der Waals surface area contributed by atoms with E-state index in [1.165, 1.54) is 5.01 Å². The summed E-state index contributed by atoms with van der Waals surface area (Å²) in [5.41, 5.74) is 0.755. The number of phenols is 1. The minimum atomic E-state index is 0.194. The number of hydrogen-bond acceptors (Lipinski definition) is 4. The van der Waals surface area contributed by atoms with E-state index in [0.717, 1.165) is 5.56 Å². The average molecular weight is 180 g/mol. The van der Waals surface area contributed by atoms with Gasteiger partial charge in [0.05, 0.1) is 0 Å². The first-order valence-electron chi connectivity index (χ1n) is 3.71. The first-order valence-corrected chi connectivity index (χ1v) is 3.71. The number of amidine groups is 1. The van der Waals surface area contributed by atoms with Gasteiger partial charge >= 0.3 is 0 Å². The molecule has 5 heteroatoms. The number of aromatic hydroxyl groups is 1. The first-order chi connectivity index (χ1) is 6.15. The van der Waals surface area contributed by atoms with Crippen molar-refractivity contribution >= 4 is 5.84 Å². The standard InChI is InChI=1S/C8H12N4O/c1-12(10)8(11-9)6-2-4-7(13)5-3-6/h2-5,13H,9-10H2,1H3/b11-8-. The van der Waals surface area contributed by atoms with Crippen molar-refractivity contribution in [2.24, 2.45) is 16.8 Å². The highest BCUT2D eigenvalue weighted by Crippen LogP contribution is 2.10. The zero-order valence-electron chi connectivity index (χ0n) is 7.31. The van der Waals surface area contributed by atoms with Crippen molar-refractivity contribution in [3.8, 4) is 5.75 Å². The van der Waals surface area contributed by atoms with Gasteiger partial charge in [0.25, 0.3) is 0 Å². The van der Waals surface area contributed by atoms with Gasteiger partial charge in [-0.15, -0.1) is 0 Å². The molecule has 0 saturated heterocycles. The van der Waals surface area contributed by atoms with Crippen LogP contribution in [0.2, 0.25) is 0 Å². The van der Waals surface area contributed by atoms with E-state index in [4.69, 9.17) is 16.8 Å². The van der Waals surface area contributed by atoms with Crippen LogP contribution in [0.5, 0.6) is 5.75 Å². The predicted octanol–water partition coefficient (Wildman–Crippen LogP) is -0.182. The molecule has 1 aromatic rings. The van der Waals surface area contributed by atoms with Crippen LogP contribution < -0.4 is 11.7 Å². The van der Waals surface area contributed by atoms with Gasteiger partial charge < -0.3 is 10.9 Å². The van der Waals surface area contributed by atoms with Gasteiger partial charge in [-0.1, -0.05) is 0 Å². The first kappa shape index (κ1) is 9.34. The van der Waals surface area contributed by atoms with Crippen molar-refractivity contribution in [2.45, 2.75) is 0 Å². The van der Waals surface area contributed by atoms with Gasteiger partial charge in [0, 0.05) is 12.6 Å². The summed E-state index contributed by atoms with van der Waals surface area (Å²) in [7, 11) is 1.64. The molecule has 0 aromatic heterocycles. The fourth-order valence-corrected chi connectivity index (χ4v) is 0.980. The molecule has 1 aromatic carbocycles. The SMILES string of the molecule is CN(N)/C(=N\N)c1ccc(O)cc1. The molecule has 0 aliphatic rings. The number of phenolic OH excluding ortho intramolecular Hbond substituents is 1. The molecule has 5 nitrogen and oxygen atoms in total. The number of rotatable bonds is 1. The monoisotopic (exact) mass is 180 g/mol. The third-order valence-electron chi connectivity index (χ3n) is 1.58. The largest absolute Gasteiger partial charge is 0.508 e. The van der Waals surface area contributed by atoms with E-state index in [0.29, 0.717) is 5.84 Å². The molecule has 0 radical (unpaired) electrons. The Morgan fingerprint density at radius 1 is 1.38 bits per heavy atom. The summed E-state index contributed by atoms with van der Waals surface area (Å²) in [6.07, 6.45) is 0. The van der Waals surface area contributed by atoms with Crippen molar-refractivity contribution < 1.29 is 5.11 Å². The molecule has 1 rings (SSSR count). The van der Waals surface area contributed by atoms with Crippen LogP contribution in [0.15, 0.2) is 29.4 Å². The van der Waals surface area contributed by atoms with E-state index in [2.05, 4.69) is 5.10 Å². The van der Waals surface area contributed by atoms with Gasteiger partial charge in [0.15, 0.2) is 5.84 Å². The summed E-state index contributed by atoms with van der Waals surface area (Å²) in [5, 5.41) is 13.9. The molecule has 0 amide bonds. The second kappa shape index (κ2) is 3.77. The van der Waals surface area contributed by atoms with E-state index in [9.17, 15) is 0 Å². The van der Waals surface area contributed by atoms with Gasteiger partial charge in [-0.2, -0.15) is 5.10 Å². The lowest BCUT2D eigenvalue weighted by molar-refractivity contribution is 0.475. The minimum Gasteiger partial charge on any atom is -0.508 e. The smallest absolute Gasteiger partial charge is 0.169 e. The minimum absolute atomic E-state index is 0.194. The normalized spacial score (nSPS) is 11.4. The molecule has 0 fully saturated rings. The molecule has 0 bridgehead atoms. The number of nitrogens with zero attached hydrogens (tertiary/aromatic N) is 2. The predicted molar refractivity (Wildman–Crippen MR) is 50.8 cm³/mol. The third kappa shape index (κ3) is 2.09. The Kier molecular flexibility index (Phi) is 2.71. The fraction of sp³-hybridized carbons (Fsp3) is 0.125. The quantitative estimate of drug-likeness (QED) is 0.242. The second-order valence-corrected chi connectivity index (χ2v) is 2.61. The fourth-order valence-electron chi connectivity index (χ4n) is 0.980. The molecule has 0 heterocycles. The van der Waals surface area contributed by atoms with Crippen LogP contribution in [0, 0.1) is 0 Å². The van der Waals surface area contributed by atoms with Crippen LogP contribution in [0.25, 0.3) is 0 Å². The Labute approximate surface area is 76.2 Å². The maximum Gasteiger partial charge on any atom is 0.169 e. The number of hydrazone groups is 1. The zero-order chi connectivity index (χ0) is 9.84. The summed E-state index contributed by atoms with van der Waals surface area (Å²) < 4.78 is 0. The average Bonchev–Trinajstić information content (AvgIpc) is 2.09. The number of nitrogens with two attached hydrogens (primary N) is 2. The van der Waals surface area contributed by atoms with Crippen LogP contribution >= 0.6 is 0 Å². The Hall–Kier alpha value is -1.75. The van der Waals surface area contributed by atoms with Crippen LogP contribution in [0.1, 0.15) is 5.56 Å². The van der Waals surface area contributed by atoms with E-state index in [1.54, 1.807) is 31.3 Å². The molecule has 5 N–H and O–H groups in total. The second-order valence-electron chi connectivity index (χ2n) is 2.61. The summed E-state index contributed by atoms with van der Waals surface area (Å²) in [5.74, 6) is 11.3. The molecule has 0 aliphatic heterocycles. The van der Waals surface area contributed by atoms with Gasteiger partial charge in [-0.25, -0.2) is 5.84 Å². The molecule has 0 aliphatic carbocycles. The highest BCUT2D eigenvalue weighted by Gasteiger charge is 2.05. The number of benzene rings is 1. The highest BCUT2D eigenvalue weighted by atomic mass is 16.3. The lowest BCUT2D eigenvalue weighted by atomic mass is 10.2. The van der Waals surface area contributed by atoms with Gasteiger partial charge in [0.1, 0.15) is 5.75 Å². The van der Waals surface area contributed by atoms with Crippen molar-refractivity contribution in [3.05, 3.63) is 29.8 Å². The van der Waals surface area contributed by atoms with Crippen molar-refractivity contribution in [3.63, 3.8) is 0 Å². The number of hydrazine groups is 1. The van der Waals surface area contributed by atoms with Crippen molar-refractivity contribution in [2.75, 3.05) is 7.05 Å². The molecule has 0 spiro atoms. The maximum atomic E-state index is 9.03. The van der Waals surface area contributed by atoms with Crippen LogP contribution in [-0.2, 0) is 0 Å². The summed E-state index contributed by atoms with van der Waals surface area (Å²) in [6, 6.07) is 6.46. The van der Waals surface area contributed by atoms with Crippen molar-refractivity contribution in [1.29, 1.82) is 0 Å². The summed E-state index contributed by atoms with van der Waals surface area (Å²) >= 11 is 0. The van der Waals surface area contributed by atoms with E-state index in [-0.39, 0.29) is 5.75 Å². The molecule has 70 valence electrons. The van der Waals surface area contributed by atoms with Crippen LogP contribution in [-0.4, -0.2) is 23.0 Å². The topological polar surface area (TPSA) is 87.9 Å². The Morgan fingerprint density at radius 3 is 2.31 bits per heavy atom. The lowest BCUT2D eigenvalue weighted by Gasteiger charge is -2.13. The molecule has 0 unspecified atom stereocenters. The van der Waals surface area contributed by atoms with Crippen LogP contribution in [0.3, 0.4) is 0 Å². The van der Waals surface area contributed by atoms with Crippen molar-refractivity contribution in [1.82, 2.24) is 5.01 Å². The van der Waals surface area contributed by atoms with E-state index >= 15 is 0 Å².